The molecule has 0 aromatic heterocycles. The number of halogens is 1. The van der Waals surface area contributed by atoms with Crippen molar-refractivity contribution in [3.05, 3.63) is 65.5 Å². The Bertz CT molecular complexity index is 802. The number of carbonyl (C=O) groups is 2. The Morgan fingerprint density at radius 2 is 1.41 bits per heavy atom. The molecule has 3 N–H and O–H groups in total. The smallest absolute Gasteiger partial charge is 0.243 e. The average Bonchev–Trinajstić information content (AvgIpc) is 2.68. The highest BCUT2D eigenvalue weighted by molar-refractivity contribution is 5.94. The van der Waals surface area contributed by atoms with Crippen LogP contribution in [0.25, 0.3) is 0 Å². The summed E-state index contributed by atoms with van der Waals surface area (Å²) in [6.07, 6.45) is 0. The molecule has 29 heavy (non-hydrogen) atoms. The first-order chi connectivity index (χ1) is 13.8. The SMILES string of the molecule is CC(C)c1ccc([C@@H](NCC(=O)NCC(=O)Nc2ccc(F)cc2)C(C)C)cc1. The van der Waals surface area contributed by atoms with E-state index in [-0.39, 0.29) is 36.8 Å². The van der Waals surface area contributed by atoms with Crippen LogP contribution in [0.5, 0.6) is 0 Å². The topological polar surface area (TPSA) is 70.2 Å². The zero-order valence-electron chi connectivity index (χ0n) is 17.5. The van der Waals surface area contributed by atoms with E-state index >= 15 is 0 Å². The van der Waals surface area contributed by atoms with Crippen LogP contribution in [0, 0.1) is 11.7 Å². The van der Waals surface area contributed by atoms with E-state index in [0.29, 0.717) is 17.5 Å². The molecule has 2 aromatic rings. The first kappa shape index (κ1) is 22.6. The Balaban J connectivity index is 1.82. The van der Waals surface area contributed by atoms with Crippen molar-refractivity contribution in [3.63, 3.8) is 0 Å². The number of benzene rings is 2. The number of hydrogen-bond acceptors (Lipinski definition) is 3. The van der Waals surface area contributed by atoms with Gasteiger partial charge in [0.2, 0.25) is 11.8 Å². The van der Waals surface area contributed by atoms with Crippen molar-refractivity contribution < 1.29 is 14.0 Å². The van der Waals surface area contributed by atoms with Gasteiger partial charge in [0.05, 0.1) is 13.1 Å². The largest absolute Gasteiger partial charge is 0.346 e. The molecule has 1 atom stereocenters. The van der Waals surface area contributed by atoms with Gasteiger partial charge in [-0.1, -0.05) is 52.0 Å². The molecule has 0 aliphatic carbocycles. The summed E-state index contributed by atoms with van der Waals surface area (Å²) in [5.74, 6) is -0.227. The first-order valence-corrected chi connectivity index (χ1v) is 9.91. The van der Waals surface area contributed by atoms with Gasteiger partial charge in [0.1, 0.15) is 5.82 Å². The molecule has 0 saturated carbocycles. The first-order valence-electron chi connectivity index (χ1n) is 9.91. The van der Waals surface area contributed by atoms with E-state index in [9.17, 15) is 14.0 Å². The third kappa shape index (κ3) is 7.31. The molecule has 0 unspecified atom stereocenters. The predicted octanol–water partition coefficient (Wildman–Crippen LogP) is 3.99. The second-order valence-electron chi connectivity index (χ2n) is 7.76. The molecule has 0 aliphatic rings. The molecule has 0 radical (unpaired) electrons. The van der Waals surface area contributed by atoms with Gasteiger partial charge in [0.15, 0.2) is 0 Å². The highest BCUT2D eigenvalue weighted by Gasteiger charge is 2.17. The minimum absolute atomic E-state index is 0.0370. The van der Waals surface area contributed by atoms with Gasteiger partial charge in [-0.05, 0) is 47.2 Å². The van der Waals surface area contributed by atoms with Crippen molar-refractivity contribution in [1.29, 1.82) is 0 Å². The summed E-state index contributed by atoms with van der Waals surface area (Å²) in [5, 5.41) is 8.48. The van der Waals surface area contributed by atoms with Gasteiger partial charge in [-0.3, -0.25) is 9.59 Å². The average molecular weight is 400 g/mol. The van der Waals surface area contributed by atoms with Crippen molar-refractivity contribution >= 4 is 17.5 Å². The number of carbonyl (C=O) groups excluding carboxylic acids is 2. The second-order valence-corrected chi connectivity index (χ2v) is 7.76. The number of nitrogens with one attached hydrogen (secondary N) is 3. The zero-order valence-corrected chi connectivity index (χ0v) is 17.5. The molecule has 156 valence electrons. The number of rotatable bonds is 9. The monoisotopic (exact) mass is 399 g/mol. The second kappa shape index (κ2) is 10.7. The lowest BCUT2D eigenvalue weighted by molar-refractivity contribution is -0.123. The minimum atomic E-state index is -0.374. The van der Waals surface area contributed by atoms with E-state index < -0.39 is 0 Å². The fraction of sp³-hybridized carbons (Fsp3) is 0.391. The molecule has 2 aromatic carbocycles. The molecular formula is C23H30FN3O2. The third-order valence-electron chi connectivity index (χ3n) is 4.69. The van der Waals surface area contributed by atoms with Crippen LogP contribution < -0.4 is 16.0 Å². The maximum atomic E-state index is 12.9. The van der Waals surface area contributed by atoms with Gasteiger partial charge in [0.25, 0.3) is 0 Å². The molecule has 5 nitrogen and oxygen atoms in total. The van der Waals surface area contributed by atoms with Crippen molar-refractivity contribution in [1.82, 2.24) is 10.6 Å². The van der Waals surface area contributed by atoms with E-state index in [1.54, 1.807) is 0 Å². The predicted molar refractivity (Wildman–Crippen MR) is 114 cm³/mol. The van der Waals surface area contributed by atoms with Crippen LogP contribution in [-0.4, -0.2) is 24.9 Å². The fourth-order valence-electron chi connectivity index (χ4n) is 3.01. The van der Waals surface area contributed by atoms with E-state index in [4.69, 9.17) is 0 Å². The van der Waals surface area contributed by atoms with Crippen molar-refractivity contribution in [2.45, 2.75) is 39.7 Å². The highest BCUT2D eigenvalue weighted by Crippen LogP contribution is 2.23. The maximum absolute atomic E-state index is 12.9. The van der Waals surface area contributed by atoms with Gasteiger partial charge in [-0.2, -0.15) is 0 Å². The Morgan fingerprint density at radius 1 is 0.828 bits per heavy atom. The molecule has 2 amide bonds. The lowest BCUT2D eigenvalue weighted by Gasteiger charge is -2.23. The van der Waals surface area contributed by atoms with Crippen LogP contribution in [0.1, 0.15) is 50.8 Å². The van der Waals surface area contributed by atoms with Crippen LogP contribution in [0.15, 0.2) is 48.5 Å². The van der Waals surface area contributed by atoms with Crippen molar-refractivity contribution in [3.8, 4) is 0 Å². The highest BCUT2D eigenvalue weighted by atomic mass is 19.1. The Hall–Kier alpha value is -2.73. The zero-order chi connectivity index (χ0) is 21.4. The van der Waals surface area contributed by atoms with Crippen LogP contribution in [0.2, 0.25) is 0 Å². The standard InChI is InChI=1S/C23H30FN3O2/c1-15(2)17-5-7-18(8-6-17)23(16(3)4)26-13-21(28)25-14-22(29)27-20-11-9-19(24)10-12-20/h5-12,15-16,23,26H,13-14H2,1-4H3,(H,25,28)(H,27,29)/t23-/m0/s1. The van der Waals surface area contributed by atoms with E-state index in [1.807, 2.05) is 0 Å². The quantitative estimate of drug-likeness (QED) is 0.597. The molecular weight excluding hydrogens is 369 g/mol. The van der Waals surface area contributed by atoms with Crippen molar-refractivity contribution in [2.75, 3.05) is 18.4 Å². The van der Waals surface area contributed by atoms with Gasteiger partial charge < -0.3 is 16.0 Å². The van der Waals surface area contributed by atoms with E-state index in [2.05, 4.69) is 67.9 Å². The van der Waals surface area contributed by atoms with E-state index in [1.165, 1.54) is 29.8 Å². The number of amides is 2. The summed E-state index contributed by atoms with van der Waals surface area (Å²) < 4.78 is 12.9. The minimum Gasteiger partial charge on any atom is -0.346 e. The summed E-state index contributed by atoms with van der Waals surface area (Å²) >= 11 is 0. The molecule has 0 bridgehead atoms. The Labute approximate surface area is 172 Å². The Kier molecular flexibility index (Phi) is 8.34. The molecule has 6 heteroatoms. The molecule has 0 heterocycles. The Morgan fingerprint density at radius 3 is 1.97 bits per heavy atom. The van der Waals surface area contributed by atoms with Gasteiger partial charge in [0, 0.05) is 11.7 Å². The summed E-state index contributed by atoms with van der Waals surface area (Å²) in [5.41, 5.74) is 2.89. The number of hydrogen-bond donors (Lipinski definition) is 3. The third-order valence-corrected chi connectivity index (χ3v) is 4.69. The summed E-state index contributed by atoms with van der Waals surface area (Å²) in [6.45, 7) is 8.48. The summed E-state index contributed by atoms with van der Waals surface area (Å²) in [6, 6.07) is 13.9. The van der Waals surface area contributed by atoms with Gasteiger partial charge >= 0.3 is 0 Å². The van der Waals surface area contributed by atoms with Crippen LogP contribution in [0.3, 0.4) is 0 Å². The normalized spacial score (nSPS) is 12.1. The fourth-order valence-corrected chi connectivity index (χ4v) is 3.01. The van der Waals surface area contributed by atoms with E-state index in [0.717, 1.165) is 5.56 Å². The molecule has 0 spiro atoms. The lowest BCUT2D eigenvalue weighted by Crippen LogP contribution is -2.40. The maximum Gasteiger partial charge on any atom is 0.243 e. The van der Waals surface area contributed by atoms with Gasteiger partial charge in [-0.15, -0.1) is 0 Å². The molecule has 0 saturated heterocycles. The molecule has 0 fully saturated rings. The summed E-state index contributed by atoms with van der Waals surface area (Å²) in [7, 11) is 0. The lowest BCUT2D eigenvalue weighted by atomic mass is 9.93. The molecule has 2 rings (SSSR count). The van der Waals surface area contributed by atoms with Crippen LogP contribution in [-0.2, 0) is 9.59 Å². The molecule has 0 aliphatic heterocycles. The summed E-state index contributed by atoms with van der Waals surface area (Å²) in [4.78, 5) is 24.1. The van der Waals surface area contributed by atoms with Crippen molar-refractivity contribution in [2.24, 2.45) is 5.92 Å². The van der Waals surface area contributed by atoms with Crippen LogP contribution in [0.4, 0.5) is 10.1 Å². The number of anilines is 1. The van der Waals surface area contributed by atoms with Gasteiger partial charge in [-0.25, -0.2) is 4.39 Å². The van der Waals surface area contributed by atoms with Crippen LogP contribution >= 0.6 is 0 Å².